The van der Waals surface area contributed by atoms with Gasteiger partial charge in [0.1, 0.15) is 17.5 Å². The van der Waals surface area contributed by atoms with E-state index < -0.39 is 30.3 Å². The molecule has 1 aliphatic rings. The topological polar surface area (TPSA) is 79.1 Å². The second-order valence-corrected chi connectivity index (χ2v) is 9.82. The molecule has 0 unspecified atom stereocenters. The van der Waals surface area contributed by atoms with Crippen LogP contribution >= 0.6 is 22.9 Å². The molecule has 4 rings (SSSR count). The molecule has 1 atom stereocenters. The summed E-state index contributed by atoms with van der Waals surface area (Å²) >= 11 is 7.44. The summed E-state index contributed by atoms with van der Waals surface area (Å²) in [6.07, 6.45) is 1.23. The lowest BCUT2D eigenvalue weighted by Gasteiger charge is -2.26. The molecule has 37 heavy (non-hydrogen) atoms. The molecule has 0 fully saturated rings. The van der Waals surface area contributed by atoms with Crippen LogP contribution in [0.25, 0.3) is 6.08 Å². The van der Waals surface area contributed by atoms with Crippen LogP contribution in [0.2, 0.25) is 5.02 Å². The van der Waals surface area contributed by atoms with Gasteiger partial charge in [0.25, 0.3) is 5.56 Å². The molecule has 0 N–H and O–H groups in total. The van der Waals surface area contributed by atoms with E-state index in [1.54, 1.807) is 57.2 Å². The van der Waals surface area contributed by atoms with E-state index in [1.165, 1.54) is 23.8 Å². The van der Waals surface area contributed by atoms with E-state index in [0.29, 0.717) is 36.9 Å². The minimum absolute atomic E-state index is 0.00518. The highest BCUT2D eigenvalue weighted by atomic mass is 35.5. The summed E-state index contributed by atoms with van der Waals surface area (Å²) in [7, 11) is 1.49. The van der Waals surface area contributed by atoms with Gasteiger partial charge in [-0.1, -0.05) is 35.1 Å². The number of methoxy groups -OCH3 is 1. The number of carbonyl (C=O) groups is 1. The van der Waals surface area contributed by atoms with Crippen LogP contribution in [0.3, 0.4) is 0 Å². The molecule has 3 aromatic rings. The maximum Gasteiger partial charge on any atom is 0.387 e. The van der Waals surface area contributed by atoms with Crippen LogP contribution in [0.4, 0.5) is 8.78 Å². The monoisotopic (exact) mass is 548 g/mol. The number of hydrogen-bond acceptors (Lipinski definition) is 7. The summed E-state index contributed by atoms with van der Waals surface area (Å²) in [5, 5.41) is 0.398. The number of ether oxygens (including phenoxy) is 3. The Bertz CT molecular complexity index is 1540. The number of aromatic nitrogens is 1. The molecule has 0 radical (unpaired) electrons. The lowest BCUT2D eigenvalue weighted by molar-refractivity contribution is -0.143. The maximum absolute atomic E-state index is 13.7. The molecule has 0 bridgehead atoms. The number of carbonyl (C=O) groups excluding carboxylic acids is 1. The lowest BCUT2D eigenvalue weighted by atomic mass is 9.95. The Hall–Kier alpha value is -3.50. The zero-order valence-electron chi connectivity index (χ0n) is 20.3. The molecule has 0 saturated heterocycles. The summed E-state index contributed by atoms with van der Waals surface area (Å²) in [5.41, 5.74) is 1.30. The highest BCUT2D eigenvalue weighted by Crippen LogP contribution is 2.37. The summed E-state index contributed by atoms with van der Waals surface area (Å²) in [4.78, 5) is 31.8. The van der Waals surface area contributed by atoms with Gasteiger partial charge in [-0.3, -0.25) is 9.36 Å². The van der Waals surface area contributed by atoms with E-state index in [2.05, 4.69) is 9.73 Å². The smallest absolute Gasteiger partial charge is 0.387 e. The first-order valence-electron chi connectivity index (χ1n) is 11.2. The number of rotatable bonds is 7. The van der Waals surface area contributed by atoms with E-state index in [4.69, 9.17) is 21.1 Å². The van der Waals surface area contributed by atoms with Gasteiger partial charge in [0, 0.05) is 10.6 Å². The largest absolute Gasteiger partial charge is 0.496 e. The predicted octanol–water partition coefficient (Wildman–Crippen LogP) is 4.45. The number of halogens is 3. The fourth-order valence-corrected chi connectivity index (χ4v) is 5.20. The van der Waals surface area contributed by atoms with Crippen LogP contribution in [0, 0.1) is 0 Å². The molecule has 194 valence electrons. The first-order chi connectivity index (χ1) is 17.6. The summed E-state index contributed by atoms with van der Waals surface area (Å²) in [6, 6.07) is 9.95. The van der Waals surface area contributed by atoms with Crippen LogP contribution in [0.5, 0.6) is 11.5 Å². The van der Waals surface area contributed by atoms with Crippen molar-refractivity contribution in [1.29, 1.82) is 0 Å². The fraction of sp³-hybridized carbons (Fsp3) is 0.269. The van der Waals surface area contributed by atoms with Crippen LogP contribution in [0.1, 0.15) is 37.9 Å². The molecule has 0 spiro atoms. The molecule has 1 aromatic heterocycles. The number of benzene rings is 2. The van der Waals surface area contributed by atoms with Crippen LogP contribution in [-0.4, -0.2) is 30.4 Å². The molecule has 7 nitrogen and oxygen atoms in total. The Morgan fingerprint density at radius 2 is 1.89 bits per heavy atom. The minimum Gasteiger partial charge on any atom is -0.496 e. The number of nitrogens with zero attached hydrogens (tertiary/aromatic N) is 2. The highest BCUT2D eigenvalue weighted by Gasteiger charge is 2.35. The van der Waals surface area contributed by atoms with Crippen molar-refractivity contribution >= 4 is 35.0 Å². The van der Waals surface area contributed by atoms with Crippen molar-refractivity contribution in [3.63, 3.8) is 0 Å². The summed E-state index contributed by atoms with van der Waals surface area (Å²) < 4.78 is 42.1. The molecule has 2 aromatic carbocycles. The van der Waals surface area contributed by atoms with Crippen molar-refractivity contribution in [3.05, 3.63) is 89.6 Å². The van der Waals surface area contributed by atoms with E-state index in [-0.39, 0.29) is 11.3 Å². The van der Waals surface area contributed by atoms with Gasteiger partial charge in [0.2, 0.25) is 0 Å². The average Bonchev–Trinajstić information content (AvgIpc) is 3.12. The van der Waals surface area contributed by atoms with Crippen LogP contribution in [0.15, 0.2) is 63.5 Å². The number of thiazole rings is 1. The average molecular weight is 549 g/mol. The Labute approximate surface area is 219 Å². The molecule has 0 amide bonds. The van der Waals surface area contributed by atoms with Gasteiger partial charge in [-0.25, -0.2) is 9.79 Å². The van der Waals surface area contributed by atoms with Crippen molar-refractivity contribution < 1.29 is 27.8 Å². The molecule has 1 aliphatic heterocycles. The molecule has 2 heterocycles. The standard InChI is InChI=1S/C26H23ClF2N2O5S/c1-13(2)35-24(33)21-14(3)30-26-31(22(21)18-12-16(27)7-10-19(18)34-4)23(32)20(37-26)11-15-5-8-17(9-6-15)36-25(28)29/h5-13,22,25H,1-4H3/b20-11-/t22-/m0/s1. The SMILES string of the molecule is COc1ccc(Cl)cc1[C@H]1C(C(=O)OC(C)C)=C(C)N=c2s/c(=C\c3ccc(OC(F)F)cc3)c(=O)n21. The third-order valence-corrected chi connectivity index (χ3v) is 6.69. The van der Waals surface area contributed by atoms with E-state index >= 15 is 0 Å². The first-order valence-corrected chi connectivity index (χ1v) is 12.4. The number of hydrogen-bond donors (Lipinski definition) is 0. The second-order valence-electron chi connectivity index (χ2n) is 8.37. The molecular formula is C26H23ClF2N2O5S. The van der Waals surface area contributed by atoms with Crippen LogP contribution < -0.4 is 24.4 Å². The summed E-state index contributed by atoms with van der Waals surface area (Å²) in [5.74, 6) is -0.166. The van der Waals surface area contributed by atoms with Crippen LogP contribution in [-0.2, 0) is 9.53 Å². The number of esters is 1. The van der Waals surface area contributed by atoms with Gasteiger partial charge < -0.3 is 14.2 Å². The van der Waals surface area contributed by atoms with Gasteiger partial charge in [0.05, 0.1) is 29.0 Å². The Morgan fingerprint density at radius 3 is 2.51 bits per heavy atom. The molecule has 11 heteroatoms. The van der Waals surface area contributed by atoms with Crippen molar-refractivity contribution in [2.45, 2.75) is 39.5 Å². The van der Waals surface area contributed by atoms with Gasteiger partial charge >= 0.3 is 12.6 Å². The van der Waals surface area contributed by atoms with Gasteiger partial charge in [-0.05, 0) is 62.7 Å². The normalized spacial score (nSPS) is 15.6. The van der Waals surface area contributed by atoms with Crippen molar-refractivity contribution in [3.8, 4) is 11.5 Å². The Balaban J connectivity index is 1.91. The zero-order valence-corrected chi connectivity index (χ0v) is 21.9. The Kier molecular flexibility index (Phi) is 7.79. The molecule has 0 aliphatic carbocycles. The number of allylic oxidation sites excluding steroid dienone is 1. The zero-order chi connectivity index (χ0) is 26.9. The third-order valence-electron chi connectivity index (χ3n) is 5.47. The van der Waals surface area contributed by atoms with Gasteiger partial charge in [0.15, 0.2) is 4.80 Å². The predicted molar refractivity (Wildman–Crippen MR) is 136 cm³/mol. The quantitative estimate of drug-likeness (QED) is 0.408. The first kappa shape index (κ1) is 26.6. The fourth-order valence-electron chi connectivity index (χ4n) is 3.97. The lowest BCUT2D eigenvalue weighted by Crippen LogP contribution is -2.40. The highest BCUT2D eigenvalue weighted by molar-refractivity contribution is 7.07. The number of alkyl halides is 2. The third kappa shape index (κ3) is 5.60. The summed E-state index contributed by atoms with van der Waals surface area (Å²) in [6.45, 7) is 2.21. The van der Waals surface area contributed by atoms with Crippen molar-refractivity contribution in [2.75, 3.05) is 7.11 Å². The van der Waals surface area contributed by atoms with Crippen molar-refractivity contribution in [2.24, 2.45) is 4.99 Å². The minimum atomic E-state index is -2.93. The Morgan fingerprint density at radius 1 is 1.19 bits per heavy atom. The van der Waals surface area contributed by atoms with Gasteiger partial charge in [-0.2, -0.15) is 8.78 Å². The van der Waals surface area contributed by atoms with Crippen molar-refractivity contribution in [1.82, 2.24) is 4.57 Å². The van der Waals surface area contributed by atoms with Gasteiger partial charge in [-0.15, -0.1) is 0 Å². The number of fused-ring (bicyclic) bond motifs is 1. The maximum atomic E-state index is 13.7. The van der Waals surface area contributed by atoms with E-state index in [1.807, 2.05) is 0 Å². The second kappa shape index (κ2) is 10.9. The molecule has 0 saturated carbocycles. The van der Waals surface area contributed by atoms with E-state index in [0.717, 1.165) is 11.3 Å². The van der Waals surface area contributed by atoms with E-state index in [9.17, 15) is 18.4 Å². The molecular weight excluding hydrogens is 526 g/mol.